The van der Waals surface area contributed by atoms with Gasteiger partial charge in [0, 0.05) is 11.4 Å². The highest BCUT2D eigenvalue weighted by molar-refractivity contribution is 5.94. The zero-order chi connectivity index (χ0) is 20.4. The molecule has 1 aromatic heterocycles. The molecule has 1 atom stereocenters. The Labute approximate surface area is 154 Å². The molecule has 27 heavy (non-hydrogen) atoms. The molecule has 1 aromatic carbocycles. The van der Waals surface area contributed by atoms with Gasteiger partial charge in [-0.1, -0.05) is 19.9 Å². The van der Waals surface area contributed by atoms with E-state index in [9.17, 15) is 27.9 Å². The SMILES string of the molecule is Cc1ccc(C(=O)NC(CO)C(C)C)c(=O)n1-c1cccc(C(F)(F)F)c1. The van der Waals surface area contributed by atoms with Crippen LogP contribution >= 0.6 is 0 Å². The molecular weight excluding hydrogens is 361 g/mol. The first-order chi connectivity index (χ1) is 12.6. The number of pyridine rings is 1. The van der Waals surface area contributed by atoms with Gasteiger partial charge in [-0.25, -0.2) is 0 Å². The minimum atomic E-state index is -4.55. The molecule has 0 bridgehead atoms. The van der Waals surface area contributed by atoms with Crippen molar-refractivity contribution in [1.82, 2.24) is 9.88 Å². The first kappa shape index (κ1) is 20.7. The summed E-state index contributed by atoms with van der Waals surface area (Å²) in [6, 6.07) is 6.62. The molecule has 8 heteroatoms. The third kappa shape index (κ3) is 4.57. The molecule has 2 rings (SSSR count). The van der Waals surface area contributed by atoms with Crippen molar-refractivity contribution >= 4 is 5.91 Å². The van der Waals surface area contributed by atoms with Gasteiger partial charge in [-0.3, -0.25) is 14.2 Å². The predicted octanol–water partition coefficient (Wildman–Crippen LogP) is 2.91. The number of rotatable bonds is 5. The summed E-state index contributed by atoms with van der Waals surface area (Å²) >= 11 is 0. The molecule has 5 nitrogen and oxygen atoms in total. The summed E-state index contributed by atoms with van der Waals surface area (Å²) in [4.78, 5) is 25.2. The van der Waals surface area contributed by atoms with Gasteiger partial charge in [0.1, 0.15) is 5.56 Å². The fraction of sp³-hybridized carbons (Fsp3) is 0.368. The summed E-state index contributed by atoms with van der Waals surface area (Å²) in [6.45, 7) is 4.87. The van der Waals surface area contributed by atoms with Crippen molar-refractivity contribution in [2.75, 3.05) is 6.61 Å². The van der Waals surface area contributed by atoms with Crippen LogP contribution in [-0.4, -0.2) is 28.2 Å². The van der Waals surface area contributed by atoms with Gasteiger partial charge in [0.2, 0.25) is 0 Å². The minimum absolute atomic E-state index is 0.0181. The lowest BCUT2D eigenvalue weighted by Gasteiger charge is -2.20. The van der Waals surface area contributed by atoms with Crippen LogP contribution in [0.5, 0.6) is 0 Å². The number of halogens is 3. The molecule has 0 fully saturated rings. The van der Waals surface area contributed by atoms with Gasteiger partial charge in [0.25, 0.3) is 11.5 Å². The Balaban J connectivity index is 2.51. The number of aliphatic hydroxyl groups is 1. The molecule has 0 aliphatic rings. The molecule has 0 aliphatic carbocycles. The van der Waals surface area contributed by atoms with E-state index in [0.717, 1.165) is 16.7 Å². The molecule has 1 unspecified atom stereocenters. The number of hydrogen-bond acceptors (Lipinski definition) is 3. The van der Waals surface area contributed by atoms with Gasteiger partial charge in [0.15, 0.2) is 0 Å². The lowest BCUT2D eigenvalue weighted by Crippen LogP contribution is -2.43. The molecule has 0 aliphatic heterocycles. The Hall–Kier alpha value is -2.61. The Bertz CT molecular complexity index is 888. The summed E-state index contributed by atoms with van der Waals surface area (Å²) in [5.41, 5.74) is -1.42. The highest BCUT2D eigenvalue weighted by atomic mass is 19.4. The van der Waals surface area contributed by atoms with Crippen molar-refractivity contribution < 1.29 is 23.1 Å². The molecule has 2 N–H and O–H groups in total. The number of carbonyl (C=O) groups is 1. The Kier molecular flexibility index (Phi) is 6.10. The standard InChI is InChI=1S/C19H21F3N2O3/c1-11(2)16(10-25)23-17(26)15-8-7-12(3)24(18(15)27)14-6-4-5-13(9-14)19(20,21)22/h4-9,11,16,25H,10H2,1-3H3,(H,23,26). The number of hydrogen-bond donors (Lipinski definition) is 2. The van der Waals surface area contributed by atoms with Gasteiger partial charge >= 0.3 is 6.18 Å². The zero-order valence-corrected chi connectivity index (χ0v) is 15.2. The van der Waals surface area contributed by atoms with Crippen LogP contribution in [0.4, 0.5) is 13.2 Å². The van der Waals surface area contributed by atoms with Crippen LogP contribution in [-0.2, 0) is 6.18 Å². The number of aliphatic hydroxyl groups excluding tert-OH is 1. The van der Waals surface area contributed by atoms with Gasteiger partial charge in [-0.05, 0) is 43.2 Å². The van der Waals surface area contributed by atoms with Crippen LogP contribution in [0, 0.1) is 12.8 Å². The van der Waals surface area contributed by atoms with Crippen LogP contribution in [0.1, 0.15) is 35.5 Å². The average molecular weight is 382 g/mol. The van der Waals surface area contributed by atoms with E-state index >= 15 is 0 Å². The summed E-state index contributed by atoms with van der Waals surface area (Å²) in [5.74, 6) is -0.747. The highest BCUT2D eigenvalue weighted by Crippen LogP contribution is 2.30. The topological polar surface area (TPSA) is 71.3 Å². The molecule has 0 spiro atoms. The first-order valence-electron chi connectivity index (χ1n) is 8.38. The molecule has 1 heterocycles. The second kappa shape index (κ2) is 7.96. The van der Waals surface area contributed by atoms with E-state index in [1.807, 2.05) is 0 Å². The predicted molar refractivity (Wildman–Crippen MR) is 95.0 cm³/mol. The maximum Gasteiger partial charge on any atom is 0.416 e. The zero-order valence-electron chi connectivity index (χ0n) is 15.2. The average Bonchev–Trinajstić information content (AvgIpc) is 2.58. The van der Waals surface area contributed by atoms with Crippen LogP contribution in [0.2, 0.25) is 0 Å². The largest absolute Gasteiger partial charge is 0.416 e. The monoisotopic (exact) mass is 382 g/mol. The summed E-state index contributed by atoms with van der Waals surface area (Å²) in [7, 11) is 0. The van der Waals surface area contributed by atoms with Crippen molar-refractivity contribution in [3.63, 3.8) is 0 Å². The Morgan fingerprint density at radius 2 is 1.89 bits per heavy atom. The first-order valence-corrected chi connectivity index (χ1v) is 8.38. The lowest BCUT2D eigenvalue weighted by molar-refractivity contribution is -0.137. The molecular formula is C19H21F3N2O3. The van der Waals surface area contributed by atoms with Gasteiger partial charge < -0.3 is 10.4 Å². The van der Waals surface area contributed by atoms with E-state index in [2.05, 4.69) is 5.32 Å². The molecule has 2 aromatic rings. The van der Waals surface area contributed by atoms with Crippen molar-refractivity contribution in [3.05, 3.63) is 63.6 Å². The van der Waals surface area contributed by atoms with Crippen LogP contribution in [0.15, 0.2) is 41.2 Å². The fourth-order valence-electron chi connectivity index (χ4n) is 2.61. The lowest BCUT2D eigenvalue weighted by atomic mass is 10.0. The third-order valence-electron chi connectivity index (χ3n) is 4.27. The van der Waals surface area contributed by atoms with Crippen LogP contribution in [0.25, 0.3) is 5.69 Å². The minimum Gasteiger partial charge on any atom is -0.394 e. The van der Waals surface area contributed by atoms with Crippen LogP contribution < -0.4 is 10.9 Å². The molecule has 0 saturated heterocycles. The number of aromatic nitrogens is 1. The second-order valence-electron chi connectivity index (χ2n) is 6.58. The number of amides is 1. The normalized spacial score (nSPS) is 12.9. The van der Waals surface area contributed by atoms with E-state index in [0.29, 0.717) is 5.69 Å². The van der Waals surface area contributed by atoms with Gasteiger partial charge in [-0.2, -0.15) is 13.2 Å². The van der Waals surface area contributed by atoms with Crippen molar-refractivity contribution in [2.24, 2.45) is 5.92 Å². The second-order valence-corrected chi connectivity index (χ2v) is 6.58. The number of benzene rings is 1. The number of nitrogens with one attached hydrogen (secondary N) is 1. The quantitative estimate of drug-likeness (QED) is 0.835. The highest BCUT2D eigenvalue weighted by Gasteiger charge is 2.30. The Morgan fingerprint density at radius 3 is 2.44 bits per heavy atom. The molecule has 146 valence electrons. The summed E-state index contributed by atoms with van der Waals surface area (Å²) < 4.78 is 40.0. The number of carbonyl (C=O) groups excluding carboxylic acids is 1. The van der Waals surface area contributed by atoms with Gasteiger partial charge in [0.05, 0.1) is 18.2 Å². The van der Waals surface area contributed by atoms with Gasteiger partial charge in [-0.15, -0.1) is 0 Å². The van der Waals surface area contributed by atoms with Crippen molar-refractivity contribution in [2.45, 2.75) is 33.0 Å². The summed E-state index contributed by atoms with van der Waals surface area (Å²) in [6.07, 6.45) is -4.55. The van der Waals surface area contributed by atoms with E-state index < -0.39 is 29.2 Å². The maximum atomic E-state index is 13.0. The number of aryl methyl sites for hydroxylation is 1. The van der Waals surface area contributed by atoms with E-state index in [1.54, 1.807) is 20.8 Å². The molecule has 0 radical (unpaired) electrons. The maximum absolute atomic E-state index is 13.0. The summed E-state index contributed by atoms with van der Waals surface area (Å²) in [5, 5.41) is 11.9. The fourth-order valence-corrected chi connectivity index (χ4v) is 2.61. The van der Waals surface area contributed by atoms with E-state index in [1.165, 1.54) is 24.3 Å². The third-order valence-corrected chi connectivity index (χ3v) is 4.27. The molecule has 0 saturated carbocycles. The smallest absolute Gasteiger partial charge is 0.394 e. The van der Waals surface area contributed by atoms with Crippen molar-refractivity contribution in [1.29, 1.82) is 0 Å². The van der Waals surface area contributed by atoms with E-state index in [4.69, 9.17) is 0 Å². The molecule has 1 amide bonds. The number of alkyl halides is 3. The van der Waals surface area contributed by atoms with Crippen molar-refractivity contribution in [3.8, 4) is 5.69 Å². The van der Waals surface area contributed by atoms with Crippen LogP contribution in [0.3, 0.4) is 0 Å². The van der Waals surface area contributed by atoms with E-state index in [-0.39, 0.29) is 23.8 Å². The Morgan fingerprint density at radius 1 is 1.22 bits per heavy atom. The number of nitrogens with zero attached hydrogens (tertiary/aromatic N) is 1.